The van der Waals surface area contributed by atoms with E-state index >= 15 is 0 Å². The van der Waals surface area contributed by atoms with Gasteiger partial charge in [-0.15, -0.1) is 0 Å². The third-order valence-electron chi connectivity index (χ3n) is 1.87. The standard InChI is InChI=1S/C9H9ClF3NS/c10-7-2-5(8(14)4-15)1-6(3-7)9(11,12)13/h1-3,8,15H,4,14H2. The molecule has 6 heteroatoms. The number of alkyl halides is 3. The number of rotatable bonds is 2. The van der Waals surface area contributed by atoms with Gasteiger partial charge >= 0.3 is 6.18 Å². The lowest BCUT2D eigenvalue weighted by Gasteiger charge is -2.13. The van der Waals surface area contributed by atoms with Crippen LogP contribution in [0.5, 0.6) is 0 Å². The molecule has 0 aromatic heterocycles. The molecule has 84 valence electrons. The van der Waals surface area contributed by atoms with Crippen LogP contribution in [0.15, 0.2) is 18.2 Å². The van der Waals surface area contributed by atoms with Gasteiger partial charge in [-0.1, -0.05) is 11.6 Å². The van der Waals surface area contributed by atoms with E-state index in [1.807, 2.05) is 0 Å². The minimum Gasteiger partial charge on any atom is -0.323 e. The van der Waals surface area contributed by atoms with Crippen LogP contribution in [0.4, 0.5) is 13.2 Å². The monoisotopic (exact) mass is 255 g/mol. The van der Waals surface area contributed by atoms with Crippen LogP contribution in [0.2, 0.25) is 5.02 Å². The summed E-state index contributed by atoms with van der Waals surface area (Å²) in [7, 11) is 0. The van der Waals surface area contributed by atoms with Gasteiger partial charge in [-0.3, -0.25) is 0 Å². The van der Waals surface area contributed by atoms with E-state index in [1.165, 1.54) is 6.07 Å². The molecule has 2 N–H and O–H groups in total. The van der Waals surface area contributed by atoms with E-state index in [2.05, 4.69) is 12.6 Å². The van der Waals surface area contributed by atoms with Crippen LogP contribution in [0.3, 0.4) is 0 Å². The summed E-state index contributed by atoms with van der Waals surface area (Å²) in [5.41, 5.74) is 5.12. The third kappa shape index (κ3) is 3.29. The van der Waals surface area contributed by atoms with Crippen LogP contribution in [-0.2, 0) is 6.18 Å². The molecule has 0 saturated carbocycles. The Morgan fingerprint density at radius 1 is 1.33 bits per heavy atom. The summed E-state index contributed by atoms with van der Waals surface area (Å²) in [5, 5.41) is 0.0251. The van der Waals surface area contributed by atoms with Gasteiger partial charge in [0, 0.05) is 16.8 Å². The lowest BCUT2D eigenvalue weighted by atomic mass is 10.1. The van der Waals surface area contributed by atoms with Crippen molar-refractivity contribution in [3.8, 4) is 0 Å². The summed E-state index contributed by atoms with van der Waals surface area (Å²) in [5.74, 6) is 0.262. The zero-order chi connectivity index (χ0) is 11.6. The Morgan fingerprint density at radius 2 is 1.93 bits per heavy atom. The molecule has 0 saturated heterocycles. The molecule has 0 spiro atoms. The Bertz CT molecular complexity index is 354. The van der Waals surface area contributed by atoms with Gasteiger partial charge in [0.05, 0.1) is 5.56 Å². The average Bonchev–Trinajstić information content (AvgIpc) is 2.14. The largest absolute Gasteiger partial charge is 0.416 e. The van der Waals surface area contributed by atoms with Gasteiger partial charge in [0.15, 0.2) is 0 Å². The molecule has 0 radical (unpaired) electrons. The van der Waals surface area contributed by atoms with Crippen molar-refractivity contribution in [1.29, 1.82) is 0 Å². The van der Waals surface area contributed by atoms with E-state index in [4.69, 9.17) is 17.3 Å². The molecule has 0 bridgehead atoms. The van der Waals surface area contributed by atoms with Crippen LogP contribution in [0.1, 0.15) is 17.2 Å². The maximum atomic E-state index is 12.4. The summed E-state index contributed by atoms with van der Waals surface area (Å²) in [6.07, 6.45) is -4.41. The van der Waals surface area contributed by atoms with Crippen LogP contribution in [0, 0.1) is 0 Å². The van der Waals surface area contributed by atoms with Crippen molar-refractivity contribution >= 4 is 24.2 Å². The zero-order valence-corrected chi connectivity index (χ0v) is 9.20. The Balaban J connectivity index is 3.17. The number of nitrogens with two attached hydrogens (primary N) is 1. The Labute approximate surface area is 95.8 Å². The van der Waals surface area contributed by atoms with E-state index in [9.17, 15) is 13.2 Å². The fraction of sp³-hybridized carbons (Fsp3) is 0.333. The predicted octanol–water partition coefficient (Wildman–Crippen LogP) is 3.29. The van der Waals surface area contributed by atoms with E-state index in [1.54, 1.807) is 0 Å². The van der Waals surface area contributed by atoms with Gasteiger partial charge in [0.1, 0.15) is 0 Å². The van der Waals surface area contributed by atoms with Crippen LogP contribution >= 0.6 is 24.2 Å². The first-order valence-corrected chi connectivity index (χ1v) is 5.09. The second-order valence-electron chi connectivity index (χ2n) is 3.06. The number of thiol groups is 1. The van der Waals surface area contributed by atoms with Crippen LogP contribution in [-0.4, -0.2) is 5.75 Å². The molecule has 1 nitrogen and oxygen atoms in total. The SMILES string of the molecule is NC(CS)c1cc(Cl)cc(C(F)(F)F)c1. The minimum absolute atomic E-state index is 0.0251. The highest BCUT2D eigenvalue weighted by Gasteiger charge is 2.31. The van der Waals surface area contributed by atoms with E-state index in [0.717, 1.165) is 12.1 Å². The number of hydrogen-bond acceptors (Lipinski definition) is 2. The minimum atomic E-state index is -4.41. The zero-order valence-electron chi connectivity index (χ0n) is 7.55. The fourth-order valence-electron chi connectivity index (χ4n) is 1.10. The lowest BCUT2D eigenvalue weighted by molar-refractivity contribution is -0.137. The van der Waals surface area contributed by atoms with Gasteiger partial charge in [-0.2, -0.15) is 25.8 Å². The molecule has 1 rings (SSSR count). The first kappa shape index (κ1) is 12.7. The normalized spacial score (nSPS) is 14.0. The van der Waals surface area contributed by atoms with Gasteiger partial charge in [0.25, 0.3) is 0 Å². The predicted molar refractivity (Wildman–Crippen MR) is 57.2 cm³/mol. The first-order valence-electron chi connectivity index (χ1n) is 4.08. The van der Waals surface area contributed by atoms with Gasteiger partial charge in [0.2, 0.25) is 0 Å². The summed E-state index contributed by atoms with van der Waals surface area (Å²) in [6.45, 7) is 0. The van der Waals surface area contributed by atoms with Gasteiger partial charge < -0.3 is 5.73 Å². The van der Waals surface area contributed by atoms with E-state index in [0.29, 0.717) is 5.56 Å². The Morgan fingerprint density at radius 3 is 2.40 bits per heavy atom. The molecule has 0 aliphatic heterocycles. The van der Waals surface area contributed by atoms with Crippen molar-refractivity contribution in [3.63, 3.8) is 0 Å². The van der Waals surface area contributed by atoms with Crippen molar-refractivity contribution in [2.24, 2.45) is 5.73 Å². The molecule has 1 atom stereocenters. The summed E-state index contributed by atoms with van der Waals surface area (Å²) < 4.78 is 37.2. The summed E-state index contributed by atoms with van der Waals surface area (Å²) >= 11 is 9.50. The van der Waals surface area contributed by atoms with Gasteiger partial charge in [-0.25, -0.2) is 0 Å². The van der Waals surface area contributed by atoms with Crippen molar-refractivity contribution in [3.05, 3.63) is 34.3 Å². The highest BCUT2D eigenvalue weighted by Crippen LogP contribution is 2.33. The van der Waals surface area contributed by atoms with Crippen LogP contribution < -0.4 is 5.73 Å². The molecule has 1 unspecified atom stereocenters. The molecule has 15 heavy (non-hydrogen) atoms. The molecule has 0 fully saturated rings. The average molecular weight is 256 g/mol. The summed E-state index contributed by atoms with van der Waals surface area (Å²) in [6, 6.07) is 2.73. The van der Waals surface area contributed by atoms with Crippen molar-refractivity contribution in [1.82, 2.24) is 0 Å². The van der Waals surface area contributed by atoms with Crippen LogP contribution in [0.25, 0.3) is 0 Å². The molecule has 1 aromatic carbocycles. The van der Waals surface area contributed by atoms with E-state index < -0.39 is 17.8 Å². The van der Waals surface area contributed by atoms with Crippen molar-refractivity contribution in [2.75, 3.05) is 5.75 Å². The summed E-state index contributed by atoms with van der Waals surface area (Å²) in [4.78, 5) is 0. The Hall–Kier alpha value is -0.390. The highest BCUT2D eigenvalue weighted by atomic mass is 35.5. The molecule has 0 amide bonds. The van der Waals surface area contributed by atoms with Crippen molar-refractivity contribution in [2.45, 2.75) is 12.2 Å². The topological polar surface area (TPSA) is 26.0 Å². The first-order chi connectivity index (χ1) is 6.84. The second-order valence-corrected chi connectivity index (χ2v) is 3.86. The maximum absolute atomic E-state index is 12.4. The number of benzene rings is 1. The Kier molecular flexibility index (Phi) is 3.92. The fourth-order valence-corrected chi connectivity index (χ4v) is 1.55. The molecule has 0 aliphatic rings. The molecular weight excluding hydrogens is 247 g/mol. The molecular formula is C9H9ClF3NS. The quantitative estimate of drug-likeness (QED) is 0.780. The lowest BCUT2D eigenvalue weighted by Crippen LogP contribution is -2.14. The highest BCUT2D eigenvalue weighted by molar-refractivity contribution is 7.80. The second kappa shape index (κ2) is 4.63. The molecule has 0 heterocycles. The van der Waals surface area contributed by atoms with Crippen molar-refractivity contribution < 1.29 is 13.2 Å². The maximum Gasteiger partial charge on any atom is 0.416 e. The third-order valence-corrected chi connectivity index (χ3v) is 2.48. The smallest absolute Gasteiger partial charge is 0.323 e. The molecule has 1 aromatic rings. The van der Waals surface area contributed by atoms with E-state index in [-0.39, 0.29) is 10.8 Å². The number of hydrogen-bond donors (Lipinski definition) is 2. The van der Waals surface area contributed by atoms with Gasteiger partial charge in [-0.05, 0) is 23.8 Å². The number of halogens is 4. The molecule has 0 aliphatic carbocycles.